The summed E-state index contributed by atoms with van der Waals surface area (Å²) < 4.78 is 1.82. The summed E-state index contributed by atoms with van der Waals surface area (Å²) >= 11 is 0. The zero-order valence-electron chi connectivity index (χ0n) is 15.0. The Bertz CT molecular complexity index is 800. The third kappa shape index (κ3) is 3.39. The monoisotopic (exact) mass is 332 g/mol. The molecule has 2 N–H and O–H groups in total. The lowest BCUT2D eigenvalue weighted by Gasteiger charge is -2.20. The van der Waals surface area contributed by atoms with Crippen molar-refractivity contribution in [1.82, 2.24) is 20.1 Å². The van der Waals surface area contributed by atoms with Crippen LogP contribution in [0.4, 0.5) is 0 Å². The molecule has 0 aliphatic rings. The van der Waals surface area contributed by atoms with Crippen molar-refractivity contribution in [3.8, 4) is 0 Å². The molecule has 7 heteroatoms. The van der Waals surface area contributed by atoms with Crippen LogP contribution in [0, 0.1) is 6.92 Å². The Balaban J connectivity index is 2.71. The normalized spacial score (nSPS) is 12.0. The summed E-state index contributed by atoms with van der Waals surface area (Å²) in [5, 5.41) is 16.4. The molecular formula is C17H24N4O3. The minimum atomic E-state index is -1.08. The van der Waals surface area contributed by atoms with Crippen LogP contribution in [-0.4, -0.2) is 38.3 Å². The predicted octanol–water partition coefficient (Wildman–Crippen LogP) is 2.43. The van der Waals surface area contributed by atoms with Crippen LogP contribution in [0.2, 0.25) is 0 Å². The number of fused-ring (bicyclic) bond motifs is 1. The maximum absolute atomic E-state index is 12.5. The third-order valence-electron chi connectivity index (χ3n) is 3.70. The number of hydrogen-bond acceptors (Lipinski definition) is 4. The first-order valence-corrected chi connectivity index (χ1v) is 7.93. The van der Waals surface area contributed by atoms with Gasteiger partial charge in [-0.15, -0.1) is 0 Å². The van der Waals surface area contributed by atoms with Gasteiger partial charge in [0.25, 0.3) is 5.91 Å². The Hall–Kier alpha value is -2.44. The summed E-state index contributed by atoms with van der Waals surface area (Å²) in [6.45, 7) is 11.5. The van der Waals surface area contributed by atoms with E-state index in [0.717, 1.165) is 5.69 Å². The number of aliphatic carboxylic acids is 1. The lowest BCUT2D eigenvalue weighted by atomic mass is 10.0. The topological polar surface area (TPSA) is 97.1 Å². The van der Waals surface area contributed by atoms with E-state index in [2.05, 4.69) is 10.4 Å². The quantitative estimate of drug-likeness (QED) is 0.896. The second-order valence-electron chi connectivity index (χ2n) is 7.19. The van der Waals surface area contributed by atoms with Crippen LogP contribution in [0.25, 0.3) is 11.0 Å². The van der Waals surface area contributed by atoms with Crippen molar-refractivity contribution in [2.45, 2.75) is 53.0 Å². The van der Waals surface area contributed by atoms with Crippen molar-refractivity contribution >= 4 is 22.9 Å². The zero-order chi connectivity index (χ0) is 18.2. The Morgan fingerprint density at radius 1 is 1.33 bits per heavy atom. The SMILES string of the molecule is Cc1nn(C(C)(C)C)c2nc(C(C)C)cc(C(=O)NCC(=O)O)c12. The molecule has 2 aromatic heterocycles. The molecule has 0 radical (unpaired) electrons. The molecule has 7 nitrogen and oxygen atoms in total. The highest BCUT2D eigenvalue weighted by Gasteiger charge is 2.25. The predicted molar refractivity (Wildman–Crippen MR) is 91.3 cm³/mol. The number of pyridine rings is 1. The Morgan fingerprint density at radius 3 is 2.46 bits per heavy atom. The van der Waals surface area contributed by atoms with Crippen LogP contribution < -0.4 is 5.32 Å². The Kier molecular flexibility index (Phi) is 4.64. The van der Waals surface area contributed by atoms with Crippen molar-refractivity contribution in [2.75, 3.05) is 6.54 Å². The number of carboxylic acid groups (broad SMARTS) is 1. The summed E-state index contributed by atoms with van der Waals surface area (Å²) in [5.74, 6) is -1.38. The average Bonchev–Trinajstić information content (AvgIpc) is 2.81. The van der Waals surface area contributed by atoms with Gasteiger partial charge >= 0.3 is 5.97 Å². The first-order chi connectivity index (χ1) is 11.0. The summed E-state index contributed by atoms with van der Waals surface area (Å²) in [5.41, 5.74) is 2.24. The first kappa shape index (κ1) is 17.9. The van der Waals surface area contributed by atoms with Gasteiger partial charge in [-0.1, -0.05) is 13.8 Å². The van der Waals surface area contributed by atoms with Gasteiger partial charge in [0.15, 0.2) is 5.65 Å². The van der Waals surface area contributed by atoms with E-state index in [-0.39, 0.29) is 11.5 Å². The fraction of sp³-hybridized carbons (Fsp3) is 0.529. The molecule has 2 aromatic rings. The molecule has 0 fully saturated rings. The minimum absolute atomic E-state index is 0.129. The van der Waals surface area contributed by atoms with E-state index in [1.165, 1.54) is 0 Å². The van der Waals surface area contributed by atoms with Gasteiger partial charge in [-0.05, 0) is 39.7 Å². The van der Waals surface area contributed by atoms with Crippen LogP contribution >= 0.6 is 0 Å². The number of rotatable bonds is 4. The molecule has 1 amide bonds. The second kappa shape index (κ2) is 6.22. The van der Waals surface area contributed by atoms with Crippen molar-refractivity contribution < 1.29 is 14.7 Å². The standard InChI is InChI=1S/C17H24N4O3/c1-9(2)12-7-11(16(24)18-8-13(22)23)14-10(3)20-21(15(14)19-12)17(4,5)6/h7,9H,8H2,1-6H3,(H,18,24)(H,22,23). The zero-order valence-corrected chi connectivity index (χ0v) is 15.0. The lowest BCUT2D eigenvalue weighted by Crippen LogP contribution is -2.29. The summed E-state index contributed by atoms with van der Waals surface area (Å²) in [6.07, 6.45) is 0. The van der Waals surface area contributed by atoms with Crippen LogP contribution in [-0.2, 0) is 10.3 Å². The number of nitrogens with one attached hydrogen (secondary N) is 1. The van der Waals surface area contributed by atoms with Crippen LogP contribution in [0.1, 0.15) is 62.3 Å². The van der Waals surface area contributed by atoms with Gasteiger partial charge in [-0.25, -0.2) is 9.67 Å². The fourth-order valence-electron chi connectivity index (χ4n) is 2.50. The Morgan fingerprint density at radius 2 is 1.96 bits per heavy atom. The number of hydrogen-bond donors (Lipinski definition) is 2. The van der Waals surface area contributed by atoms with E-state index in [9.17, 15) is 9.59 Å². The van der Waals surface area contributed by atoms with E-state index in [4.69, 9.17) is 10.1 Å². The summed E-state index contributed by atoms with van der Waals surface area (Å²) in [6, 6.07) is 1.73. The number of carbonyl (C=O) groups excluding carboxylic acids is 1. The van der Waals surface area contributed by atoms with Gasteiger partial charge in [0.05, 0.1) is 22.2 Å². The van der Waals surface area contributed by atoms with Crippen molar-refractivity contribution in [3.05, 3.63) is 23.0 Å². The summed E-state index contributed by atoms with van der Waals surface area (Å²) in [7, 11) is 0. The largest absolute Gasteiger partial charge is 0.480 e. The van der Waals surface area contributed by atoms with E-state index in [1.54, 1.807) is 6.07 Å². The molecule has 2 rings (SSSR count). The molecule has 0 unspecified atom stereocenters. The van der Waals surface area contributed by atoms with Gasteiger partial charge in [-0.2, -0.15) is 5.10 Å². The highest BCUT2D eigenvalue weighted by molar-refractivity contribution is 6.07. The van der Waals surface area contributed by atoms with Crippen molar-refractivity contribution in [3.63, 3.8) is 0 Å². The molecule has 0 saturated heterocycles. The highest BCUT2D eigenvalue weighted by atomic mass is 16.4. The molecule has 0 saturated carbocycles. The number of aromatic nitrogens is 3. The molecular weight excluding hydrogens is 308 g/mol. The maximum atomic E-state index is 12.5. The van der Waals surface area contributed by atoms with Gasteiger partial charge in [0, 0.05) is 5.69 Å². The molecule has 0 spiro atoms. The van der Waals surface area contributed by atoms with E-state index in [1.807, 2.05) is 46.2 Å². The smallest absolute Gasteiger partial charge is 0.322 e. The van der Waals surface area contributed by atoms with Crippen LogP contribution in [0.3, 0.4) is 0 Å². The molecule has 0 aliphatic heterocycles. The van der Waals surface area contributed by atoms with Gasteiger partial charge in [0.2, 0.25) is 0 Å². The first-order valence-electron chi connectivity index (χ1n) is 7.93. The number of aryl methyl sites for hydroxylation is 1. The van der Waals surface area contributed by atoms with Crippen LogP contribution in [0.5, 0.6) is 0 Å². The third-order valence-corrected chi connectivity index (χ3v) is 3.70. The maximum Gasteiger partial charge on any atom is 0.322 e. The van der Waals surface area contributed by atoms with Gasteiger partial charge in [-0.3, -0.25) is 9.59 Å². The molecule has 2 heterocycles. The van der Waals surface area contributed by atoms with Crippen molar-refractivity contribution in [2.24, 2.45) is 0 Å². The number of amides is 1. The molecule has 0 aromatic carbocycles. The molecule has 0 atom stereocenters. The molecule has 24 heavy (non-hydrogen) atoms. The fourth-order valence-corrected chi connectivity index (χ4v) is 2.50. The van der Waals surface area contributed by atoms with E-state index >= 15 is 0 Å². The lowest BCUT2D eigenvalue weighted by molar-refractivity contribution is -0.135. The number of carboxylic acids is 1. The number of nitrogens with zero attached hydrogens (tertiary/aromatic N) is 3. The molecule has 130 valence electrons. The van der Waals surface area contributed by atoms with Crippen LogP contribution in [0.15, 0.2) is 6.07 Å². The number of carbonyl (C=O) groups is 2. The minimum Gasteiger partial charge on any atom is -0.480 e. The average molecular weight is 332 g/mol. The second-order valence-corrected chi connectivity index (χ2v) is 7.19. The van der Waals surface area contributed by atoms with E-state index in [0.29, 0.717) is 22.3 Å². The van der Waals surface area contributed by atoms with Crippen molar-refractivity contribution in [1.29, 1.82) is 0 Å². The summed E-state index contributed by atoms with van der Waals surface area (Å²) in [4.78, 5) is 27.9. The Labute approximate surface area is 141 Å². The molecule has 0 bridgehead atoms. The highest BCUT2D eigenvalue weighted by Crippen LogP contribution is 2.28. The van der Waals surface area contributed by atoms with E-state index < -0.39 is 18.4 Å². The van der Waals surface area contributed by atoms with Gasteiger partial charge in [0.1, 0.15) is 6.54 Å². The van der Waals surface area contributed by atoms with Gasteiger partial charge < -0.3 is 10.4 Å². The molecule has 0 aliphatic carbocycles.